The fourth-order valence-corrected chi connectivity index (χ4v) is 4.22. The van der Waals surface area contributed by atoms with Crippen LogP contribution in [0.5, 0.6) is 11.5 Å². The molecule has 1 aliphatic rings. The maximum atomic E-state index is 12.5. The number of hydrogen-bond acceptors (Lipinski definition) is 5. The Morgan fingerprint density at radius 2 is 1.93 bits per heavy atom. The van der Waals surface area contributed by atoms with E-state index in [-0.39, 0.29) is 5.91 Å². The normalized spacial score (nSPS) is 12.6. The van der Waals surface area contributed by atoms with Crippen molar-refractivity contribution in [3.63, 3.8) is 0 Å². The van der Waals surface area contributed by atoms with Crippen molar-refractivity contribution in [2.24, 2.45) is 0 Å². The SMILES string of the molecule is O=C(NCCc1cc(Cl)c2c(c1)OCCO2)c1occc1CSc1ccccc1. The van der Waals surface area contributed by atoms with Crippen LogP contribution in [0.4, 0.5) is 0 Å². The number of fused-ring (bicyclic) bond motifs is 1. The third-order valence-corrected chi connectivity index (χ3v) is 5.79. The van der Waals surface area contributed by atoms with E-state index in [0.29, 0.717) is 54.2 Å². The van der Waals surface area contributed by atoms with Gasteiger partial charge in [0.1, 0.15) is 13.2 Å². The summed E-state index contributed by atoms with van der Waals surface area (Å²) in [6.07, 6.45) is 2.17. The van der Waals surface area contributed by atoms with Crippen LogP contribution in [0.25, 0.3) is 0 Å². The molecular weight excluding hydrogens is 410 g/mol. The number of benzene rings is 2. The number of amides is 1. The standard InChI is InChI=1S/C22H20ClNO4S/c23-18-12-15(13-19-21(18)28-11-10-26-19)6-8-24-22(25)20-16(7-9-27-20)14-29-17-4-2-1-3-5-17/h1-5,7,9,12-13H,6,8,10-11,14H2,(H,24,25). The maximum absolute atomic E-state index is 12.5. The Morgan fingerprint density at radius 3 is 2.79 bits per heavy atom. The van der Waals surface area contributed by atoms with Crippen LogP contribution >= 0.6 is 23.4 Å². The van der Waals surface area contributed by atoms with E-state index in [0.717, 1.165) is 16.0 Å². The lowest BCUT2D eigenvalue weighted by Crippen LogP contribution is -2.26. The van der Waals surface area contributed by atoms with Crippen molar-refractivity contribution in [3.8, 4) is 11.5 Å². The fourth-order valence-electron chi connectivity index (χ4n) is 3.04. The Morgan fingerprint density at radius 1 is 1.10 bits per heavy atom. The Hall–Kier alpha value is -2.57. The lowest BCUT2D eigenvalue weighted by Gasteiger charge is -2.20. The molecule has 0 saturated carbocycles. The van der Waals surface area contributed by atoms with Crippen LogP contribution in [0.2, 0.25) is 5.02 Å². The smallest absolute Gasteiger partial charge is 0.287 e. The molecule has 1 amide bonds. The van der Waals surface area contributed by atoms with Gasteiger partial charge in [-0.3, -0.25) is 4.79 Å². The van der Waals surface area contributed by atoms with Gasteiger partial charge in [-0.15, -0.1) is 11.8 Å². The van der Waals surface area contributed by atoms with Crippen molar-refractivity contribution < 1.29 is 18.7 Å². The summed E-state index contributed by atoms with van der Waals surface area (Å²) in [5.41, 5.74) is 1.84. The minimum atomic E-state index is -0.220. The molecule has 4 rings (SSSR count). The Bertz CT molecular complexity index is 990. The van der Waals surface area contributed by atoms with E-state index in [4.69, 9.17) is 25.5 Å². The van der Waals surface area contributed by atoms with Crippen molar-refractivity contribution in [2.45, 2.75) is 17.1 Å². The fraction of sp³-hybridized carbons (Fsp3) is 0.227. The van der Waals surface area contributed by atoms with Gasteiger partial charge in [-0.1, -0.05) is 29.8 Å². The van der Waals surface area contributed by atoms with Crippen LogP contribution in [-0.4, -0.2) is 25.7 Å². The minimum Gasteiger partial charge on any atom is -0.486 e. The molecule has 5 nitrogen and oxygen atoms in total. The van der Waals surface area contributed by atoms with Gasteiger partial charge >= 0.3 is 0 Å². The highest BCUT2D eigenvalue weighted by atomic mass is 35.5. The molecule has 2 heterocycles. The van der Waals surface area contributed by atoms with Crippen molar-refractivity contribution in [1.29, 1.82) is 0 Å². The Labute approximate surface area is 178 Å². The number of carbonyl (C=O) groups is 1. The van der Waals surface area contributed by atoms with Gasteiger partial charge in [0.05, 0.1) is 11.3 Å². The van der Waals surface area contributed by atoms with E-state index < -0.39 is 0 Å². The monoisotopic (exact) mass is 429 g/mol. The molecule has 0 unspecified atom stereocenters. The number of ether oxygens (including phenoxy) is 2. The second kappa shape index (κ2) is 9.29. The summed E-state index contributed by atoms with van der Waals surface area (Å²) in [6.45, 7) is 1.46. The maximum Gasteiger partial charge on any atom is 0.287 e. The first-order valence-electron chi connectivity index (χ1n) is 9.31. The summed E-state index contributed by atoms with van der Waals surface area (Å²) in [7, 11) is 0. The highest BCUT2D eigenvalue weighted by Crippen LogP contribution is 2.38. The summed E-state index contributed by atoms with van der Waals surface area (Å²) < 4.78 is 16.6. The summed E-state index contributed by atoms with van der Waals surface area (Å²) in [4.78, 5) is 13.7. The largest absolute Gasteiger partial charge is 0.486 e. The van der Waals surface area contributed by atoms with Crippen molar-refractivity contribution in [3.05, 3.63) is 76.7 Å². The molecule has 1 aliphatic heterocycles. The zero-order valence-corrected chi connectivity index (χ0v) is 17.2. The predicted molar refractivity (Wildman–Crippen MR) is 113 cm³/mol. The number of furan rings is 1. The summed E-state index contributed by atoms with van der Waals surface area (Å²) >= 11 is 7.93. The van der Waals surface area contributed by atoms with Gasteiger partial charge in [0.25, 0.3) is 5.91 Å². The van der Waals surface area contributed by atoms with Crippen LogP contribution in [-0.2, 0) is 12.2 Å². The number of thioether (sulfide) groups is 1. The Kier molecular flexibility index (Phi) is 6.32. The average Bonchev–Trinajstić information content (AvgIpc) is 3.22. The van der Waals surface area contributed by atoms with Gasteiger partial charge in [0.15, 0.2) is 17.3 Å². The highest BCUT2D eigenvalue weighted by Gasteiger charge is 2.18. The van der Waals surface area contributed by atoms with Gasteiger partial charge in [-0.2, -0.15) is 0 Å². The van der Waals surface area contributed by atoms with Crippen molar-refractivity contribution in [2.75, 3.05) is 19.8 Å². The molecule has 7 heteroatoms. The third kappa shape index (κ3) is 4.89. The van der Waals surface area contributed by atoms with Crippen molar-refractivity contribution >= 4 is 29.3 Å². The second-order valence-electron chi connectivity index (χ2n) is 6.48. The van der Waals surface area contributed by atoms with E-state index in [2.05, 4.69) is 5.32 Å². The zero-order valence-electron chi connectivity index (χ0n) is 15.7. The molecule has 2 aromatic carbocycles. The van der Waals surface area contributed by atoms with Gasteiger partial charge in [0, 0.05) is 22.8 Å². The van der Waals surface area contributed by atoms with Crippen molar-refractivity contribution in [1.82, 2.24) is 5.32 Å². The van der Waals surface area contributed by atoms with E-state index in [1.807, 2.05) is 48.5 Å². The lowest BCUT2D eigenvalue weighted by atomic mass is 10.1. The highest BCUT2D eigenvalue weighted by molar-refractivity contribution is 7.98. The molecule has 0 saturated heterocycles. The molecule has 0 bridgehead atoms. The van der Waals surface area contributed by atoms with Crippen LogP contribution in [0.1, 0.15) is 21.7 Å². The summed E-state index contributed by atoms with van der Waals surface area (Å²) in [5, 5.41) is 3.44. The molecule has 29 heavy (non-hydrogen) atoms. The molecule has 0 spiro atoms. The number of halogens is 1. The van der Waals surface area contributed by atoms with E-state index in [1.54, 1.807) is 18.0 Å². The predicted octanol–water partition coefficient (Wildman–Crippen LogP) is 4.97. The van der Waals surface area contributed by atoms with E-state index >= 15 is 0 Å². The zero-order chi connectivity index (χ0) is 20.1. The number of rotatable bonds is 7. The average molecular weight is 430 g/mol. The van der Waals surface area contributed by atoms with Gasteiger partial charge in [-0.25, -0.2) is 0 Å². The second-order valence-corrected chi connectivity index (χ2v) is 7.94. The van der Waals surface area contributed by atoms with E-state index in [1.165, 1.54) is 0 Å². The quantitative estimate of drug-likeness (QED) is 0.537. The minimum absolute atomic E-state index is 0.220. The van der Waals surface area contributed by atoms with Crippen LogP contribution in [0, 0.1) is 0 Å². The number of hydrogen-bond donors (Lipinski definition) is 1. The molecule has 0 radical (unpaired) electrons. The van der Waals surface area contributed by atoms with Gasteiger partial charge in [-0.05, 0) is 42.3 Å². The number of nitrogens with one attached hydrogen (secondary N) is 1. The van der Waals surface area contributed by atoms with Crippen LogP contribution in [0.15, 0.2) is 64.1 Å². The van der Waals surface area contributed by atoms with Gasteiger partial charge in [0.2, 0.25) is 0 Å². The molecule has 150 valence electrons. The molecular formula is C22H20ClNO4S. The molecule has 1 aromatic heterocycles. The molecule has 1 N–H and O–H groups in total. The first kappa shape index (κ1) is 19.7. The molecule has 0 fully saturated rings. The molecule has 0 aliphatic carbocycles. The molecule has 3 aromatic rings. The molecule has 0 atom stereocenters. The summed E-state index contributed by atoms with van der Waals surface area (Å²) in [5.74, 6) is 2.04. The first-order valence-corrected chi connectivity index (χ1v) is 10.7. The van der Waals surface area contributed by atoms with Crippen LogP contribution in [0.3, 0.4) is 0 Å². The third-order valence-electron chi connectivity index (χ3n) is 4.45. The first-order chi connectivity index (χ1) is 14.2. The lowest BCUT2D eigenvalue weighted by molar-refractivity contribution is 0.0925. The van der Waals surface area contributed by atoms with Crippen LogP contribution < -0.4 is 14.8 Å². The summed E-state index contributed by atoms with van der Waals surface area (Å²) in [6, 6.07) is 15.6. The topological polar surface area (TPSA) is 60.7 Å². The Balaban J connectivity index is 1.33. The number of carbonyl (C=O) groups excluding carboxylic acids is 1. The van der Waals surface area contributed by atoms with E-state index in [9.17, 15) is 4.79 Å². The van der Waals surface area contributed by atoms with Gasteiger partial charge < -0.3 is 19.2 Å².